The molecule has 0 radical (unpaired) electrons. The Morgan fingerprint density at radius 1 is 0.963 bits per heavy atom. The van der Waals surface area contributed by atoms with Gasteiger partial charge in [0.05, 0.1) is 19.0 Å². The highest BCUT2D eigenvalue weighted by molar-refractivity contribution is 7.88. The Balaban J connectivity index is 1.66. The summed E-state index contributed by atoms with van der Waals surface area (Å²) in [6.45, 7) is 2.03. The van der Waals surface area contributed by atoms with Gasteiger partial charge < -0.3 is 10.1 Å². The molecule has 2 aromatic carbocycles. The van der Waals surface area contributed by atoms with Crippen LogP contribution in [0.3, 0.4) is 0 Å². The molecule has 0 atom stereocenters. The van der Waals surface area contributed by atoms with E-state index in [1.165, 1.54) is 4.31 Å². The molecule has 1 saturated heterocycles. The summed E-state index contributed by atoms with van der Waals surface area (Å²) in [4.78, 5) is 0. The fourth-order valence-electron chi connectivity index (χ4n) is 2.99. The molecule has 2 aromatic rings. The van der Waals surface area contributed by atoms with E-state index >= 15 is 0 Å². The van der Waals surface area contributed by atoms with E-state index in [9.17, 15) is 17.2 Å². The van der Waals surface area contributed by atoms with Crippen LogP contribution in [0.15, 0.2) is 42.5 Å². The van der Waals surface area contributed by atoms with Crippen molar-refractivity contribution in [1.29, 1.82) is 0 Å². The van der Waals surface area contributed by atoms with Crippen LogP contribution in [0.1, 0.15) is 16.7 Å². The summed E-state index contributed by atoms with van der Waals surface area (Å²) in [6.07, 6.45) is 0. The van der Waals surface area contributed by atoms with Crippen LogP contribution in [-0.2, 0) is 33.6 Å². The molecular weight excluding hydrogens is 374 g/mol. The Morgan fingerprint density at radius 3 is 2.37 bits per heavy atom. The summed E-state index contributed by atoms with van der Waals surface area (Å²) in [5.74, 6) is -1.07. The average molecular weight is 396 g/mol. The second kappa shape index (κ2) is 8.88. The van der Waals surface area contributed by atoms with Crippen molar-refractivity contribution in [3.8, 4) is 0 Å². The van der Waals surface area contributed by atoms with Crippen molar-refractivity contribution in [1.82, 2.24) is 9.62 Å². The van der Waals surface area contributed by atoms with Gasteiger partial charge in [-0.2, -0.15) is 4.31 Å². The molecule has 1 heterocycles. The maximum absolute atomic E-state index is 13.7. The summed E-state index contributed by atoms with van der Waals surface area (Å²) in [7, 11) is -3.43. The van der Waals surface area contributed by atoms with Crippen LogP contribution in [0.5, 0.6) is 0 Å². The van der Waals surface area contributed by atoms with Gasteiger partial charge in [-0.3, -0.25) is 0 Å². The molecule has 0 bridgehead atoms. The minimum Gasteiger partial charge on any atom is -0.379 e. The fourth-order valence-corrected chi connectivity index (χ4v) is 4.56. The number of hydrogen-bond acceptors (Lipinski definition) is 4. The summed E-state index contributed by atoms with van der Waals surface area (Å²) >= 11 is 0. The number of halogens is 2. The largest absolute Gasteiger partial charge is 0.379 e. The highest BCUT2D eigenvalue weighted by Crippen LogP contribution is 2.17. The van der Waals surface area contributed by atoms with E-state index in [0.717, 1.165) is 23.8 Å². The number of rotatable bonds is 7. The van der Waals surface area contributed by atoms with Crippen LogP contribution >= 0.6 is 0 Å². The van der Waals surface area contributed by atoms with Crippen molar-refractivity contribution in [2.45, 2.75) is 18.8 Å². The number of hydrogen-bond donors (Lipinski definition) is 1. The van der Waals surface area contributed by atoms with E-state index in [-0.39, 0.29) is 17.9 Å². The minimum atomic E-state index is -3.43. The van der Waals surface area contributed by atoms with Gasteiger partial charge in [0.1, 0.15) is 11.6 Å². The third-order valence-corrected chi connectivity index (χ3v) is 6.29. The molecule has 1 aliphatic heterocycles. The van der Waals surface area contributed by atoms with Crippen molar-refractivity contribution >= 4 is 10.0 Å². The molecule has 5 nitrogen and oxygen atoms in total. The van der Waals surface area contributed by atoms with Crippen LogP contribution in [-0.4, -0.2) is 39.0 Å². The molecule has 0 saturated carbocycles. The summed E-state index contributed by atoms with van der Waals surface area (Å²) < 4.78 is 58.9. The van der Waals surface area contributed by atoms with Crippen LogP contribution in [0.2, 0.25) is 0 Å². The van der Waals surface area contributed by atoms with Crippen molar-refractivity contribution < 1.29 is 21.9 Å². The zero-order chi connectivity index (χ0) is 19.3. The number of morpholine rings is 1. The van der Waals surface area contributed by atoms with Gasteiger partial charge in [-0.25, -0.2) is 17.2 Å². The van der Waals surface area contributed by atoms with Crippen molar-refractivity contribution in [2.75, 3.05) is 26.3 Å². The van der Waals surface area contributed by atoms with E-state index in [4.69, 9.17) is 4.74 Å². The van der Waals surface area contributed by atoms with Gasteiger partial charge in [-0.15, -0.1) is 0 Å². The number of nitrogens with zero attached hydrogens (tertiary/aromatic N) is 1. The molecule has 1 N–H and O–H groups in total. The highest BCUT2D eigenvalue weighted by atomic mass is 32.2. The van der Waals surface area contributed by atoms with Crippen molar-refractivity contribution in [2.24, 2.45) is 0 Å². The predicted molar refractivity (Wildman–Crippen MR) is 98.4 cm³/mol. The molecular formula is C19H22F2N2O3S. The first-order chi connectivity index (χ1) is 13.0. The lowest BCUT2D eigenvalue weighted by Crippen LogP contribution is -2.41. The lowest BCUT2D eigenvalue weighted by molar-refractivity contribution is 0.0729. The van der Waals surface area contributed by atoms with Crippen molar-refractivity contribution in [3.05, 3.63) is 70.8 Å². The summed E-state index contributed by atoms with van der Waals surface area (Å²) in [5, 5.41) is 3.06. The zero-order valence-electron chi connectivity index (χ0n) is 14.8. The van der Waals surface area contributed by atoms with Gasteiger partial charge in [0.2, 0.25) is 10.0 Å². The highest BCUT2D eigenvalue weighted by Gasteiger charge is 2.25. The molecule has 0 unspecified atom stereocenters. The molecule has 0 spiro atoms. The topological polar surface area (TPSA) is 58.6 Å². The molecule has 1 fully saturated rings. The zero-order valence-corrected chi connectivity index (χ0v) is 15.6. The van der Waals surface area contributed by atoms with E-state index in [1.54, 1.807) is 12.1 Å². The number of ether oxygens (including phenoxy) is 1. The number of benzene rings is 2. The molecule has 27 heavy (non-hydrogen) atoms. The fraction of sp³-hybridized carbons (Fsp3) is 0.368. The van der Waals surface area contributed by atoms with Gasteiger partial charge in [-0.1, -0.05) is 24.3 Å². The monoisotopic (exact) mass is 396 g/mol. The Bertz CT molecular complexity index is 884. The van der Waals surface area contributed by atoms with E-state index in [2.05, 4.69) is 5.32 Å². The Hall–Kier alpha value is -1.87. The van der Waals surface area contributed by atoms with E-state index in [0.29, 0.717) is 38.4 Å². The summed E-state index contributed by atoms with van der Waals surface area (Å²) in [5.41, 5.74) is 1.73. The molecule has 3 rings (SSSR count). The first kappa shape index (κ1) is 19.9. The second-order valence-corrected chi connectivity index (χ2v) is 8.34. The maximum Gasteiger partial charge on any atom is 0.218 e. The second-order valence-electron chi connectivity index (χ2n) is 6.38. The molecule has 8 heteroatoms. The van der Waals surface area contributed by atoms with E-state index < -0.39 is 21.7 Å². The summed E-state index contributed by atoms with van der Waals surface area (Å²) in [6, 6.07) is 10.5. The van der Waals surface area contributed by atoms with Gasteiger partial charge in [0.25, 0.3) is 0 Å². The van der Waals surface area contributed by atoms with Crippen LogP contribution in [0.25, 0.3) is 0 Å². The Morgan fingerprint density at radius 2 is 1.63 bits per heavy atom. The van der Waals surface area contributed by atoms with Crippen LogP contribution in [0, 0.1) is 11.6 Å². The third-order valence-electron chi connectivity index (χ3n) is 4.46. The van der Waals surface area contributed by atoms with Gasteiger partial charge in [0, 0.05) is 31.7 Å². The van der Waals surface area contributed by atoms with E-state index in [1.807, 2.05) is 12.1 Å². The Labute approximate surface area is 158 Å². The Kier molecular flexibility index (Phi) is 6.54. The first-order valence-corrected chi connectivity index (χ1v) is 10.3. The molecule has 0 amide bonds. The standard InChI is InChI=1S/C19H22F2N2O3S/c20-18-5-6-19(21)17(11-18)13-22-12-15-3-1-2-4-16(15)14-27(24,25)23-7-9-26-10-8-23/h1-6,11,22H,7-10,12-14H2. The normalized spacial score (nSPS) is 15.8. The molecule has 1 aliphatic rings. The van der Waals surface area contributed by atoms with Gasteiger partial charge in [0.15, 0.2) is 0 Å². The van der Waals surface area contributed by atoms with Crippen LogP contribution in [0.4, 0.5) is 8.78 Å². The maximum atomic E-state index is 13.7. The molecule has 0 aromatic heterocycles. The molecule has 0 aliphatic carbocycles. The number of nitrogens with one attached hydrogen (secondary N) is 1. The van der Waals surface area contributed by atoms with Crippen LogP contribution < -0.4 is 5.32 Å². The number of sulfonamides is 1. The SMILES string of the molecule is O=S(=O)(Cc1ccccc1CNCc1cc(F)ccc1F)N1CCOCC1. The van der Waals surface area contributed by atoms with Crippen molar-refractivity contribution in [3.63, 3.8) is 0 Å². The lowest BCUT2D eigenvalue weighted by atomic mass is 10.1. The minimum absolute atomic E-state index is 0.0980. The quantitative estimate of drug-likeness (QED) is 0.781. The molecule has 146 valence electrons. The first-order valence-electron chi connectivity index (χ1n) is 8.73. The third kappa shape index (κ3) is 5.32. The lowest BCUT2D eigenvalue weighted by Gasteiger charge is -2.26. The van der Waals surface area contributed by atoms with Gasteiger partial charge >= 0.3 is 0 Å². The van der Waals surface area contributed by atoms with Gasteiger partial charge in [-0.05, 0) is 29.3 Å². The average Bonchev–Trinajstić information content (AvgIpc) is 2.66. The predicted octanol–water partition coefficient (Wildman–Crippen LogP) is 2.42. The smallest absolute Gasteiger partial charge is 0.218 e.